The first kappa shape index (κ1) is 32.0. The standard InChI is InChI=1S/C34H28F2O7/c1-20(2)32(37)41-26-13-8-23(9-14-26)7-10-25-17-30(43-34(39)22(5)6)28(18-29(25)40-19-31(35)36)24-11-15-27(16-12-24)42-33(38)21(3)4/h7-19H,1,3,5H2,2,4,6H3/b10-7+. The minimum atomic E-state index is -2.06. The summed E-state index contributed by atoms with van der Waals surface area (Å²) >= 11 is 0. The Hall–Kier alpha value is -5.57. The van der Waals surface area contributed by atoms with Gasteiger partial charge < -0.3 is 18.9 Å². The van der Waals surface area contributed by atoms with Crippen LogP contribution in [0.5, 0.6) is 23.0 Å². The molecule has 7 nitrogen and oxygen atoms in total. The SMILES string of the molecule is C=C(C)C(=O)Oc1ccc(/C=C/c2cc(OC(=O)C(=C)C)c(-c3ccc(OC(=O)C(=C)C)cc3)cc2OC=C(F)F)cc1. The summed E-state index contributed by atoms with van der Waals surface area (Å²) in [5, 5.41) is 0. The highest BCUT2D eigenvalue weighted by Gasteiger charge is 2.17. The Balaban J connectivity index is 2.05. The second-order valence-electron chi connectivity index (χ2n) is 9.35. The molecule has 43 heavy (non-hydrogen) atoms. The summed E-state index contributed by atoms with van der Waals surface area (Å²) in [5.74, 6) is -1.17. The number of hydrogen-bond acceptors (Lipinski definition) is 7. The first-order chi connectivity index (χ1) is 20.3. The lowest BCUT2D eigenvalue weighted by molar-refractivity contribution is -0.130. The number of benzene rings is 3. The molecular formula is C34H28F2O7. The molecule has 9 heteroatoms. The number of hydrogen-bond donors (Lipinski definition) is 0. The quantitative estimate of drug-likeness (QED) is 0.0738. The number of ether oxygens (including phenoxy) is 4. The molecule has 0 aliphatic carbocycles. The maximum absolute atomic E-state index is 13.0. The van der Waals surface area contributed by atoms with Crippen molar-refractivity contribution >= 4 is 30.1 Å². The molecule has 0 fully saturated rings. The molecule has 0 spiro atoms. The minimum absolute atomic E-state index is 0.0268. The van der Waals surface area contributed by atoms with Crippen molar-refractivity contribution in [2.75, 3.05) is 0 Å². The zero-order valence-electron chi connectivity index (χ0n) is 23.7. The van der Waals surface area contributed by atoms with E-state index in [1.165, 1.54) is 45.0 Å². The molecule has 3 aromatic carbocycles. The Morgan fingerprint density at radius 2 is 1.14 bits per heavy atom. The van der Waals surface area contributed by atoms with Crippen molar-refractivity contribution in [2.45, 2.75) is 20.8 Å². The predicted molar refractivity (Wildman–Crippen MR) is 160 cm³/mol. The van der Waals surface area contributed by atoms with Crippen molar-refractivity contribution < 1.29 is 42.1 Å². The highest BCUT2D eigenvalue weighted by molar-refractivity contribution is 5.91. The number of carbonyl (C=O) groups is 3. The Bertz CT molecular complexity index is 1640. The van der Waals surface area contributed by atoms with Gasteiger partial charge in [-0.2, -0.15) is 8.78 Å². The van der Waals surface area contributed by atoms with Gasteiger partial charge in [0, 0.05) is 27.8 Å². The van der Waals surface area contributed by atoms with Gasteiger partial charge in [-0.25, -0.2) is 14.4 Å². The molecule has 0 saturated carbocycles. The number of esters is 3. The molecule has 0 bridgehead atoms. The third-order valence-corrected chi connectivity index (χ3v) is 5.56. The molecule has 3 aromatic rings. The molecule has 0 atom stereocenters. The van der Waals surface area contributed by atoms with Crippen molar-refractivity contribution in [1.29, 1.82) is 0 Å². The van der Waals surface area contributed by atoms with Crippen LogP contribution in [0.25, 0.3) is 23.3 Å². The van der Waals surface area contributed by atoms with E-state index in [-0.39, 0.29) is 34.0 Å². The molecular weight excluding hydrogens is 558 g/mol. The second-order valence-corrected chi connectivity index (χ2v) is 9.35. The summed E-state index contributed by atoms with van der Waals surface area (Å²) in [7, 11) is 0. The highest BCUT2D eigenvalue weighted by atomic mass is 19.3. The van der Waals surface area contributed by atoms with Crippen molar-refractivity contribution in [3.63, 3.8) is 0 Å². The maximum atomic E-state index is 13.0. The smallest absolute Gasteiger partial charge is 0.338 e. The molecule has 0 aliphatic rings. The van der Waals surface area contributed by atoms with Crippen LogP contribution in [-0.4, -0.2) is 17.9 Å². The summed E-state index contributed by atoms with van der Waals surface area (Å²) in [5.41, 5.74) is 2.43. The van der Waals surface area contributed by atoms with E-state index in [2.05, 4.69) is 19.7 Å². The van der Waals surface area contributed by atoms with Crippen molar-refractivity contribution in [3.05, 3.63) is 121 Å². The Morgan fingerprint density at radius 1 is 0.651 bits per heavy atom. The number of halogens is 2. The first-order valence-corrected chi connectivity index (χ1v) is 12.7. The van der Waals surface area contributed by atoms with Crippen LogP contribution in [0.1, 0.15) is 31.9 Å². The fourth-order valence-corrected chi connectivity index (χ4v) is 3.34. The normalized spacial score (nSPS) is 10.4. The van der Waals surface area contributed by atoms with Gasteiger partial charge in [0.2, 0.25) is 0 Å². The lowest BCUT2D eigenvalue weighted by Gasteiger charge is -2.15. The molecule has 0 radical (unpaired) electrons. The molecule has 0 amide bonds. The molecule has 0 unspecified atom stereocenters. The van der Waals surface area contributed by atoms with E-state index in [9.17, 15) is 23.2 Å². The summed E-state index contributed by atoms with van der Waals surface area (Å²) in [4.78, 5) is 36.1. The zero-order chi connectivity index (χ0) is 31.7. The van der Waals surface area contributed by atoms with E-state index >= 15 is 0 Å². The molecule has 3 rings (SSSR count). The lowest BCUT2D eigenvalue weighted by Crippen LogP contribution is -2.09. The number of carbonyl (C=O) groups excluding carboxylic acids is 3. The van der Waals surface area contributed by atoms with Gasteiger partial charge in [0.1, 0.15) is 23.0 Å². The predicted octanol–water partition coefficient (Wildman–Crippen LogP) is 8.09. The van der Waals surface area contributed by atoms with Crippen LogP contribution in [0, 0.1) is 0 Å². The summed E-state index contributed by atoms with van der Waals surface area (Å²) in [6.07, 6.45) is 1.48. The van der Waals surface area contributed by atoms with Gasteiger partial charge in [0.15, 0.2) is 6.26 Å². The molecule has 0 saturated heterocycles. The third-order valence-electron chi connectivity index (χ3n) is 5.56. The molecule has 0 aliphatic heterocycles. The monoisotopic (exact) mass is 586 g/mol. The maximum Gasteiger partial charge on any atom is 0.338 e. The van der Waals surface area contributed by atoms with Crippen LogP contribution in [-0.2, 0) is 14.4 Å². The van der Waals surface area contributed by atoms with Gasteiger partial charge in [-0.15, -0.1) is 0 Å². The number of rotatable bonds is 11. The van der Waals surface area contributed by atoms with Gasteiger partial charge >= 0.3 is 24.0 Å². The van der Waals surface area contributed by atoms with Crippen LogP contribution in [0.2, 0.25) is 0 Å². The minimum Gasteiger partial charge on any atom is -0.459 e. The van der Waals surface area contributed by atoms with Gasteiger partial charge in [0.05, 0.1) is 0 Å². The van der Waals surface area contributed by atoms with Crippen LogP contribution in [0.15, 0.2) is 109 Å². The van der Waals surface area contributed by atoms with Gasteiger partial charge in [0.25, 0.3) is 0 Å². The molecule has 220 valence electrons. The first-order valence-electron chi connectivity index (χ1n) is 12.7. The topological polar surface area (TPSA) is 88.1 Å². The van der Waals surface area contributed by atoms with E-state index in [1.807, 2.05) is 0 Å². The average molecular weight is 587 g/mol. The summed E-state index contributed by atoms with van der Waals surface area (Å²) in [6, 6.07) is 15.7. The lowest BCUT2D eigenvalue weighted by atomic mass is 10.0. The largest absolute Gasteiger partial charge is 0.459 e. The van der Waals surface area contributed by atoms with Crippen LogP contribution >= 0.6 is 0 Å². The van der Waals surface area contributed by atoms with E-state index < -0.39 is 24.0 Å². The average Bonchev–Trinajstić information content (AvgIpc) is 2.96. The summed E-state index contributed by atoms with van der Waals surface area (Å²) < 4.78 is 47.3. The zero-order valence-corrected chi connectivity index (χ0v) is 23.7. The van der Waals surface area contributed by atoms with Gasteiger partial charge in [-0.3, -0.25) is 0 Å². The van der Waals surface area contributed by atoms with E-state index in [0.29, 0.717) is 34.3 Å². The van der Waals surface area contributed by atoms with Crippen molar-refractivity contribution in [2.24, 2.45) is 0 Å². The highest BCUT2D eigenvalue weighted by Crippen LogP contribution is 2.38. The third kappa shape index (κ3) is 9.22. The molecule has 0 aromatic heterocycles. The Labute approximate surface area is 247 Å². The van der Waals surface area contributed by atoms with E-state index in [1.54, 1.807) is 48.6 Å². The van der Waals surface area contributed by atoms with E-state index in [4.69, 9.17) is 18.9 Å². The van der Waals surface area contributed by atoms with Crippen molar-refractivity contribution in [1.82, 2.24) is 0 Å². The fourth-order valence-electron chi connectivity index (χ4n) is 3.34. The van der Waals surface area contributed by atoms with Gasteiger partial charge in [-0.05, 0) is 68.3 Å². The summed E-state index contributed by atoms with van der Waals surface area (Å²) in [6.45, 7) is 15.2. The van der Waals surface area contributed by atoms with E-state index in [0.717, 1.165) is 0 Å². The van der Waals surface area contributed by atoms with Gasteiger partial charge in [-0.1, -0.05) is 56.2 Å². The molecule has 0 heterocycles. The fraction of sp³-hybridized carbons (Fsp3) is 0.0882. The second kappa shape index (κ2) is 14.4. The Morgan fingerprint density at radius 3 is 1.63 bits per heavy atom. The van der Waals surface area contributed by atoms with Crippen LogP contribution < -0.4 is 18.9 Å². The Kier molecular flexibility index (Phi) is 10.7. The molecule has 0 N–H and O–H groups in total. The van der Waals surface area contributed by atoms with Crippen LogP contribution in [0.3, 0.4) is 0 Å². The van der Waals surface area contributed by atoms with Crippen molar-refractivity contribution in [3.8, 4) is 34.1 Å². The van der Waals surface area contributed by atoms with Crippen LogP contribution in [0.4, 0.5) is 8.78 Å².